The molecule has 0 aliphatic rings. The van der Waals surface area contributed by atoms with Crippen LogP contribution in [-0.4, -0.2) is 22.8 Å². The molecule has 5 nitrogen and oxygen atoms in total. The second-order valence-corrected chi connectivity index (χ2v) is 4.35. The Bertz CT molecular complexity index is 310. The van der Waals surface area contributed by atoms with Crippen LogP contribution < -0.4 is 5.73 Å². The number of rotatable bonds is 6. The highest BCUT2D eigenvalue weighted by molar-refractivity contribution is 4.93. The maximum atomic E-state index is 5.67. The molecule has 0 spiro atoms. The van der Waals surface area contributed by atoms with Gasteiger partial charge in [-0.1, -0.05) is 19.0 Å². The van der Waals surface area contributed by atoms with Crippen molar-refractivity contribution in [2.24, 2.45) is 11.7 Å². The standard InChI is InChI=1S/C11H21N3O2/c1-5-15-10(7(2)3)11-13-9(16-14-11)6-8(4)12/h7-8,10H,5-6,12H2,1-4H3. The third-order valence-electron chi connectivity index (χ3n) is 2.19. The summed E-state index contributed by atoms with van der Waals surface area (Å²) in [6, 6.07) is 0.0258. The van der Waals surface area contributed by atoms with Gasteiger partial charge in [0.05, 0.1) is 0 Å². The van der Waals surface area contributed by atoms with Gasteiger partial charge in [-0.05, 0) is 19.8 Å². The highest BCUT2D eigenvalue weighted by Gasteiger charge is 2.22. The zero-order valence-electron chi connectivity index (χ0n) is 10.4. The Labute approximate surface area is 96.4 Å². The average Bonchev–Trinajstić information content (AvgIpc) is 2.60. The summed E-state index contributed by atoms with van der Waals surface area (Å²) in [7, 11) is 0. The van der Waals surface area contributed by atoms with Gasteiger partial charge in [-0.15, -0.1) is 0 Å². The average molecular weight is 227 g/mol. The first-order valence-electron chi connectivity index (χ1n) is 5.74. The molecule has 0 amide bonds. The van der Waals surface area contributed by atoms with Crippen molar-refractivity contribution in [3.8, 4) is 0 Å². The first-order chi connectivity index (χ1) is 7.54. The van der Waals surface area contributed by atoms with Crippen molar-refractivity contribution in [3.05, 3.63) is 11.7 Å². The second kappa shape index (κ2) is 5.96. The van der Waals surface area contributed by atoms with E-state index in [9.17, 15) is 0 Å². The maximum Gasteiger partial charge on any atom is 0.228 e. The van der Waals surface area contributed by atoms with Gasteiger partial charge in [-0.25, -0.2) is 0 Å². The van der Waals surface area contributed by atoms with E-state index < -0.39 is 0 Å². The van der Waals surface area contributed by atoms with Crippen LogP contribution in [0.25, 0.3) is 0 Å². The number of nitrogens with zero attached hydrogens (tertiary/aromatic N) is 2. The van der Waals surface area contributed by atoms with E-state index in [1.165, 1.54) is 0 Å². The van der Waals surface area contributed by atoms with E-state index >= 15 is 0 Å². The molecule has 0 radical (unpaired) electrons. The van der Waals surface area contributed by atoms with Crippen molar-refractivity contribution < 1.29 is 9.26 Å². The summed E-state index contributed by atoms with van der Waals surface area (Å²) in [5.41, 5.74) is 5.67. The number of hydrogen-bond donors (Lipinski definition) is 1. The minimum atomic E-state index is -0.101. The van der Waals surface area contributed by atoms with Crippen LogP contribution in [0.4, 0.5) is 0 Å². The fourth-order valence-electron chi connectivity index (χ4n) is 1.49. The normalized spacial score (nSPS) is 15.4. The molecular weight excluding hydrogens is 206 g/mol. The Morgan fingerprint density at radius 3 is 2.56 bits per heavy atom. The lowest BCUT2D eigenvalue weighted by molar-refractivity contribution is 0.0217. The third-order valence-corrected chi connectivity index (χ3v) is 2.19. The number of ether oxygens (including phenoxy) is 1. The highest BCUT2D eigenvalue weighted by Crippen LogP contribution is 2.23. The van der Waals surface area contributed by atoms with Gasteiger partial charge in [-0.3, -0.25) is 0 Å². The molecule has 0 aliphatic heterocycles. The lowest BCUT2D eigenvalue weighted by Crippen LogP contribution is -2.18. The van der Waals surface area contributed by atoms with E-state index in [-0.39, 0.29) is 12.1 Å². The molecule has 2 atom stereocenters. The van der Waals surface area contributed by atoms with E-state index in [1.54, 1.807) is 0 Å². The van der Waals surface area contributed by atoms with E-state index in [4.69, 9.17) is 15.0 Å². The van der Waals surface area contributed by atoms with Crippen molar-refractivity contribution in [2.45, 2.75) is 46.3 Å². The smallest absolute Gasteiger partial charge is 0.228 e. The van der Waals surface area contributed by atoms with E-state index in [0.29, 0.717) is 30.7 Å². The molecule has 0 bridgehead atoms. The van der Waals surface area contributed by atoms with Gasteiger partial charge in [0.2, 0.25) is 11.7 Å². The van der Waals surface area contributed by atoms with Crippen LogP contribution in [0, 0.1) is 5.92 Å². The Morgan fingerprint density at radius 1 is 1.38 bits per heavy atom. The fourth-order valence-corrected chi connectivity index (χ4v) is 1.49. The Morgan fingerprint density at radius 2 is 2.06 bits per heavy atom. The molecule has 0 saturated carbocycles. The molecule has 5 heteroatoms. The summed E-state index contributed by atoms with van der Waals surface area (Å²) in [5.74, 6) is 1.52. The molecule has 16 heavy (non-hydrogen) atoms. The van der Waals surface area contributed by atoms with Crippen LogP contribution in [0.15, 0.2) is 4.52 Å². The van der Waals surface area contributed by atoms with E-state index in [0.717, 1.165) is 0 Å². The lowest BCUT2D eigenvalue weighted by atomic mass is 10.1. The van der Waals surface area contributed by atoms with Gasteiger partial charge in [0.15, 0.2) is 0 Å². The summed E-state index contributed by atoms with van der Waals surface area (Å²) in [6.07, 6.45) is 0.500. The van der Waals surface area contributed by atoms with Gasteiger partial charge in [0.25, 0.3) is 0 Å². The lowest BCUT2D eigenvalue weighted by Gasteiger charge is -2.16. The molecule has 2 unspecified atom stereocenters. The Kier molecular flexibility index (Phi) is 4.89. The molecule has 1 aromatic rings. The van der Waals surface area contributed by atoms with Crippen LogP contribution in [0.5, 0.6) is 0 Å². The first kappa shape index (κ1) is 13.1. The Balaban J connectivity index is 2.73. The Hall–Kier alpha value is -0.940. The van der Waals surface area contributed by atoms with Crippen LogP contribution in [0.1, 0.15) is 45.5 Å². The highest BCUT2D eigenvalue weighted by atomic mass is 16.5. The van der Waals surface area contributed by atoms with Gasteiger partial charge in [-0.2, -0.15) is 4.98 Å². The van der Waals surface area contributed by atoms with Crippen LogP contribution in [0.3, 0.4) is 0 Å². The van der Waals surface area contributed by atoms with Gasteiger partial charge in [0.1, 0.15) is 6.10 Å². The predicted octanol–water partition coefficient (Wildman–Crippen LogP) is 1.69. The molecule has 92 valence electrons. The van der Waals surface area contributed by atoms with Crippen molar-refractivity contribution in [3.63, 3.8) is 0 Å². The summed E-state index contributed by atoms with van der Waals surface area (Å²) in [5, 5.41) is 3.94. The SMILES string of the molecule is CCOC(c1noc(CC(C)N)n1)C(C)C. The minimum Gasteiger partial charge on any atom is -0.370 e. The topological polar surface area (TPSA) is 74.2 Å². The van der Waals surface area contributed by atoms with Gasteiger partial charge < -0.3 is 15.0 Å². The van der Waals surface area contributed by atoms with Crippen molar-refractivity contribution >= 4 is 0 Å². The molecule has 2 N–H and O–H groups in total. The predicted molar refractivity (Wildman–Crippen MR) is 60.9 cm³/mol. The van der Waals surface area contributed by atoms with Gasteiger partial charge >= 0.3 is 0 Å². The third kappa shape index (κ3) is 3.57. The second-order valence-electron chi connectivity index (χ2n) is 4.35. The summed E-state index contributed by atoms with van der Waals surface area (Å²) < 4.78 is 10.7. The van der Waals surface area contributed by atoms with Crippen molar-refractivity contribution in [1.29, 1.82) is 0 Å². The number of aromatic nitrogens is 2. The zero-order chi connectivity index (χ0) is 12.1. The van der Waals surface area contributed by atoms with Crippen LogP contribution >= 0.6 is 0 Å². The molecule has 1 aromatic heterocycles. The molecule has 0 saturated heterocycles. The molecular formula is C11H21N3O2. The minimum absolute atomic E-state index is 0.0258. The summed E-state index contributed by atoms with van der Waals surface area (Å²) in [4.78, 5) is 4.31. The van der Waals surface area contributed by atoms with E-state index in [2.05, 4.69) is 24.0 Å². The summed E-state index contributed by atoms with van der Waals surface area (Å²) >= 11 is 0. The number of hydrogen-bond acceptors (Lipinski definition) is 5. The number of nitrogens with two attached hydrogens (primary N) is 1. The van der Waals surface area contributed by atoms with Crippen molar-refractivity contribution in [2.75, 3.05) is 6.61 Å². The maximum absolute atomic E-state index is 5.67. The first-order valence-corrected chi connectivity index (χ1v) is 5.74. The van der Waals surface area contributed by atoms with Crippen molar-refractivity contribution in [1.82, 2.24) is 10.1 Å². The molecule has 0 aliphatic carbocycles. The van der Waals surface area contributed by atoms with Crippen LogP contribution in [0.2, 0.25) is 0 Å². The molecule has 1 heterocycles. The molecule has 1 rings (SSSR count). The molecule has 0 fully saturated rings. The van der Waals surface area contributed by atoms with E-state index in [1.807, 2.05) is 13.8 Å². The monoisotopic (exact) mass is 227 g/mol. The fraction of sp³-hybridized carbons (Fsp3) is 0.818. The summed E-state index contributed by atoms with van der Waals surface area (Å²) in [6.45, 7) is 8.65. The zero-order valence-corrected chi connectivity index (χ0v) is 10.4. The van der Waals surface area contributed by atoms with Crippen LogP contribution in [-0.2, 0) is 11.2 Å². The van der Waals surface area contributed by atoms with Gasteiger partial charge in [0, 0.05) is 19.1 Å². The largest absolute Gasteiger partial charge is 0.370 e. The quantitative estimate of drug-likeness (QED) is 0.800. The molecule has 0 aromatic carbocycles.